The topological polar surface area (TPSA) is 26.7 Å². The number of β-amino-alcohol motifs (C(OH)–C–C–N with tert-alkyl or cyclic N) is 1. The Hall–Kier alpha value is -0.380. The van der Waals surface area contributed by atoms with E-state index >= 15 is 0 Å². The van der Waals surface area contributed by atoms with Crippen molar-refractivity contribution in [3.63, 3.8) is 0 Å². The summed E-state index contributed by atoms with van der Waals surface area (Å²) in [5, 5.41) is 9.74. The maximum absolute atomic E-state index is 9.74. The highest BCUT2D eigenvalue weighted by Crippen LogP contribution is 2.30. The Bertz CT molecular complexity index is 321. The number of rotatable bonds is 5. The maximum atomic E-state index is 9.74. The fourth-order valence-electron chi connectivity index (χ4n) is 3.56. The van der Waals surface area contributed by atoms with Crippen LogP contribution in [0, 0.1) is 11.8 Å². The van der Waals surface area contributed by atoms with Crippen molar-refractivity contribution in [3.8, 4) is 0 Å². The van der Waals surface area contributed by atoms with Gasteiger partial charge in [0.2, 0.25) is 0 Å². The van der Waals surface area contributed by atoms with Gasteiger partial charge < -0.3 is 10.0 Å². The SMILES string of the molecule is CC[C@H](O)CN1CCN(C[C@H]2C(C)=CCC[C@H]2C)CC1. The van der Waals surface area contributed by atoms with E-state index in [1.807, 2.05) is 0 Å². The van der Waals surface area contributed by atoms with Crippen LogP contribution in [0.1, 0.15) is 40.0 Å². The number of aliphatic hydroxyl groups excluding tert-OH is 1. The Morgan fingerprint density at radius 3 is 2.50 bits per heavy atom. The van der Waals surface area contributed by atoms with E-state index in [1.165, 1.54) is 19.4 Å². The molecule has 2 rings (SSSR count). The molecular weight excluding hydrogens is 248 g/mol. The number of piperazine rings is 1. The van der Waals surface area contributed by atoms with Gasteiger partial charge >= 0.3 is 0 Å². The lowest BCUT2D eigenvalue weighted by molar-refractivity contribution is 0.0638. The molecule has 0 aromatic rings. The van der Waals surface area contributed by atoms with Gasteiger partial charge in [-0.3, -0.25) is 4.90 Å². The van der Waals surface area contributed by atoms with Crippen molar-refractivity contribution in [2.75, 3.05) is 39.3 Å². The first-order chi connectivity index (χ1) is 9.60. The third kappa shape index (κ3) is 4.31. The minimum atomic E-state index is -0.148. The molecule has 0 aromatic carbocycles. The highest BCUT2D eigenvalue weighted by molar-refractivity contribution is 5.09. The van der Waals surface area contributed by atoms with Crippen LogP contribution in [0.5, 0.6) is 0 Å². The number of hydrogen-bond acceptors (Lipinski definition) is 3. The summed E-state index contributed by atoms with van der Waals surface area (Å²) in [6, 6.07) is 0. The van der Waals surface area contributed by atoms with E-state index in [0.717, 1.165) is 51.0 Å². The van der Waals surface area contributed by atoms with Crippen molar-refractivity contribution < 1.29 is 5.11 Å². The molecule has 3 heteroatoms. The molecule has 1 heterocycles. The van der Waals surface area contributed by atoms with Crippen molar-refractivity contribution in [2.45, 2.75) is 46.1 Å². The van der Waals surface area contributed by atoms with E-state index in [1.54, 1.807) is 5.57 Å². The number of hydrogen-bond donors (Lipinski definition) is 1. The predicted molar refractivity (Wildman–Crippen MR) is 84.8 cm³/mol. The first-order valence-electron chi connectivity index (χ1n) is 8.39. The number of nitrogens with zero attached hydrogens (tertiary/aromatic N) is 2. The Balaban J connectivity index is 1.76. The van der Waals surface area contributed by atoms with Gasteiger partial charge in [0, 0.05) is 39.3 Å². The molecular formula is C17H32N2O. The standard InChI is InChI=1S/C17H32N2O/c1-4-16(20)12-18-8-10-19(11-9-18)13-17-14(2)6-5-7-15(17)3/h6,15-17,20H,4-5,7-13H2,1-3H3/t15-,16+,17+/m1/s1. The second-order valence-electron chi connectivity index (χ2n) is 6.77. The third-order valence-electron chi connectivity index (χ3n) is 5.22. The summed E-state index contributed by atoms with van der Waals surface area (Å²) in [7, 11) is 0. The lowest BCUT2D eigenvalue weighted by Gasteiger charge is -2.39. The van der Waals surface area contributed by atoms with E-state index in [4.69, 9.17) is 0 Å². The summed E-state index contributed by atoms with van der Waals surface area (Å²) in [4.78, 5) is 5.04. The summed E-state index contributed by atoms with van der Waals surface area (Å²) in [6.45, 7) is 13.4. The Kier molecular flexibility index (Phi) is 6.06. The summed E-state index contributed by atoms with van der Waals surface area (Å²) in [6.07, 6.45) is 5.78. The van der Waals surface area contributed by atoms with Crippen LogP contribution in [0.2, 0.25) is 0 Å². The minimum absolute atomic E-state index is 0.148. The van der Waals surface area contributed by atoms with Crippen molar-refractivity contribution in [3.05, 3.63) is 11.6 Å². The van der Waals surface area contributed by atoms with Gasteiger partial charge in [0.05, 0.1) is 6.10 Å². The third-order valence-corrected chi connectivity index (χ3v) is 5.22. The van der Waals surface area contributed by atoms with Crippen LogP contribution in [-0.4, -0.2) is 60.3 Å². The Morgan fingerprint density at radius 2 is 1.90 bits per heavy atom. The van der Waals surface area contributed by atoms with E-state index in [9.17, 15) is 5.11 Å². The van der Waals surface area contributed by atoms with E-state index in [2.05, 4.69) is 36.6 Å². The average molecular weight is 280 g/mol. The maximum Gasteiger partial charge on any atom is 0.0664 e. The fraction of sp³-hybridized carbons (Fsp3) is 0.882. The largest absolute Gasteiger partial charge is 0.392 e. The lowest BCUT2D eigenvalue weighted by atomic mass is 9.80. The lowest BCUT2D eigenvalue weighted by Crippen LogP contribution is -2.50. The molecule has 0 amide bonds. The van der Waals surface area contributed by atoms with Gasteiger partial charge in [-0.2, -0.15) is 0 Å². The first-order valence-corrected chi connectivity index (χ1v) is 8.39. The van der Waals surface area contributed by atoms with Crippen molar-refractivity contribution in [2.24, 2.45) is 11.8 Å². The monoisotopic (exact) mass is 280 g/mol. The summed E-state index contributed by atoms with van der Waals surface area (Å²) in [5.74, 6) is 1.59. The summed E-state index contributed by atoms with van der Waals surface area (Å²) < 4.78 is 0. The molecule has 0 aromatic heterocycles. The summed E-state index contributed by atoms with van der Waals surface area (Å²) in [5.41, 5.74) is 1.60. The van der Waals surface area contributed by atoms with Crippen molar-refractivity contribution in [1.29, 1.82) is 0 Å². The molecule has 20 heavy (non-hydrogen) atoms. The highest BCUT2D eigenvalue weighted by atomic mass is 16.3. The van der Waals surface area contributed by atoms with Crippen LogP contribution >= 0.6 is 0 Å². The van der Waals surface area contributed by atoms with Gasteiger partial charge in [-0.1, -0.05) is 25.5 Å². The van der Waals surface area contributed by atoms with Gasteiger partial charge in [-0.15, -0.1) is 0 Å². The molecule has 1 saturated heterocycles. The molecule has 2 aliphatic rings. The molecule has 1 fully saturated rings. The predicted octanol–water partition coefficient (Wildman–Crippen LogP) is 2.37. The molecule has 0 spiro atoms. The van der Waals surface area contributed by atoms with E-state index < -0.39 is 0 Å². The van der Waals surface area contributed by atoms with Gasteiger partial charge in [0.1, 0.15) is 0 Å². The molecule has 116 valence electrons. The molecule has 3 nitrogen and oxygen atoms in total. The van der Waals surface area contributed by atoms with Crippen LogP contribution in [0.3, 0.4) is 0 Å². The molecule has 3 atom stereocenters. The highest BCUT2D eigenvalue weighted by Gasteiger charge is 2.26. The zero-order valence-electron chi connectivity index (χ0n) is 13.5. The number of aliphatic hydroxyl groups is 1. The molecule has 1 aliphatic carbocycles. The fourth-order valence-corrected chi connectivity index (χ4v) is 3.56. The van der Waals surface area contributed by atoms with Crippen molar-refractivity contribution in [1.82, 2.24) is 9.80 Å². The zero-order valence-corrected chi connectivity index (χ0v) is 13.5. The van der Waals surface area contributed by atoms with E-state index in [0.29, 0.717) is 0 Å². The summed E-state index contributed by atoms with van der Waals surface area (Å²) >= 11 is 0. The van der Waals surface area contributed by atoms with Crippen molar-refractivity contribution >= 4 is 0 Å². The van der Waals surface area contributed by atoms with Gasteiger partial charge in [0.15, 0.2) is 0 Å². The average Bonchev–Trinajstić information content (AvgIpc) is 2.44. The van der Waals surface area contributed by atoms with Gasteiger partial charge in [0.25, 0.3) is 0 Å². The quantitative estimate of drug-likeness (QED) is 0.783. The Morgan fingerprint density at radius 1 is 1.25 bits per heavy atom. The second kappa shape index (κ2) is 7.58. The first kappa shape index (κ1) is 16.0. The normalized spacial score (nSPS) is 31.1. The molecule has 0 saturated carbocycles. The molecule has 0 radical (unpaired) electrons. The Labute approximate surface area is 124 Å². The smallest absolute Gasteiger partial charge is 0.0664 e. The van der Waals surface area contributed by atoms with Crippen LogP contribution < -0.4 is 0 Å². The molecule has 0 bridgehead atoms. The molecule has 1 aliphatic heterocycles. The van der Waals surface area contributed by atoms with E-state index in [-0.39, 0.29) is 6.10 Å². The second-order valence-corrected chi connectivity index (χ2v) is 6.77. The van der Waals surface area contributed by atoms with Gasteiger partial charge in [-0.05, 0) is 38.0 Å². The van der Waals surface area contributed by atoms with Crippen LogP contribution in [-0.2, 0) is 0 Å². The van der Waals surface area contributed by atoms with Crippen LogP contribution in [0.15, 0.2) is 11.6 Å². The zero-order chi connectivity index (χ0) is 14.5. The van der Waals surface area contributed by atoms with Crippen LogP contribution in [0.25, 0.3) is 0 Å². The van der Waals surface area contributed by atoms with Crippen LogP contribution in [0.4, 0.5) is 0 Å². The molecule has 0 unspecified atom stereocenters. The van der Waals surface area contributed by atoms with Gasteiger partial charge in [-0.25, -0.2) is 0 Å². The molecule has 1 N–H and O–H groups in total. The number of allylic oxidation sites excluding steroid dienone is 1. The minimum Gasteiger partial charge on any atom is -0.392 e.